The van der Waals surface area contributed by atoms with Gasteiger partial charge in [-0.3, -0.25) is 0 Å². The van der Waals surface area contributed by atoms with Crippen LogP contribution in [0.4, 0.5) is 0 Å². The quantitative estimate of drug-likeness (QED) is 0.121. The second-order valence-corrected chi connectivity index (χ2v) is 13.0. The first kappa shape index (κ1) is 34.2. The highest BCUT2D eigenvalue weighted by Crippen LogP contribution is 2.43. The van der Waals surface area contributed by atoms with Crippen LogP contribution in [0.15, 0.2) is 75.2 Å². The molecule has 0 saturated heterocycles. The lowest BCUT2D eigenvalue weighted by atomic mass is 9.72. The monoisotopic (exact) mass is 601 g/mol. The molecule has 9 heteroatoms. The van der Waals surface area contributed by atoms with Gasteiger partial charge in [-0.2, -0.15) is 26.3 Å². The Morgan fingerprint density at radius 2 is 1.20 bits per heavy atom. The van der Waals surface area contributed by atoms with E-state index < -0.39 is 5.97 Å². The SMILES string of the molecule is CC1(C)CC(NCCCCCCNC2=C(C(=O)Oc3ccccc3)C(=C(C#N)C#N)CC(C)(C)C2)=C(C#N)C(=C(C#N)C#N)C1. The Hall–Kier alpha value is -5.30. The summed E-state index contributed by atoms with van der Waals surface area (Å²) in [5.74, 6) is -0.199. The molecular weight excluding hydrogens is 562 g/mol. The lowest BCUT2D eigenvalue weighted by Crippen LogP contribution is -2.32. The van der Waals surface area contributed by atoms with Crippen molar-refractivity contribution in [2.45, 2.75) is 79.1 Å². The molecule has 1 aromatic rings. The zero-order valence-electron chi connectivity index (χ0n) is 26.5. The van der Waals surface area contributed by atoms with E-state index in [4.69, 9.17) is 4.74 Å². The summed E-state index contributed by atoms with van der Waals surface area (Å²) in [6, 6.07) is 18.8. The summed E-state index contributed by atoms with van der Waals surface area (Å²) >= 11 is 0. The van der Waals surface area contributed by atoms with Crippen molar-refractivity contribution in [2.75, 3.05) is 13.1 Å². The van der Waals surface area contributed by atoms with Crippen molar-refractivity contribution >= 4 is 5.97 Å². The number of carbonyl (C=O) groups excluding carboxylic acids is 1. The van der Waals surface area contributed by atoms with E-state index in [0.717, 1.165) is 31.4 Å². The predicted octanol–water partition coefficient (Wildman–Crippen LogP) is 6.69. The first-order valence-electron chi connectivity index (χ1n) is 15.2. The van der Waals surface area contributed by atoms with E-state index in [-0.39, 0.29) is 27.5 Å². The van der Waals surface area contributed by atoms with Crippen LogP contribution in [0.25, 0.3) is 0 Å². The van der Waals surface area contributed by atoms with Crippen LogP contribution >= 0.6 is 0 Å². The molecule has 2 aliphatic rings. The van der Waals surface area contributed by atoms with Crippen LogP contribution < -0.4 is 15.4 Å². The Morgan fingerprint density at radius 1 is 0.711 bits per heavy atom. The normalized spacial score (nSPS) is 16.7. The van der Waals surface area contributed by atoms with Crippen molar-refractivity contribution in [3.8, 4) is 36.1 Å². The third kappa shape index (κ3) is 9.10. The zero-order chi connectivity index (χ0) is 33.0. The molecule has 0 fully saturated rings. The highest BCUT2D eigenvalue weighted by Gasteiger charge is 2.36. The van der Waals surface area contributed by atoms with Gasteiger partial charge >= 0.3 is 5.97 Å². The minimum absolute atomic E-state index is 0.00170. The Balaban J connectivity index is 1.65. The van der Waals surface area contributed by atoms with E-state index in [9.17, 15) is 31.1 Å². The maximum atomic E-state index is 13.4. The molecule has 9 nitrogen and oxygen atoms in total. The second-order valence-electron chi connectivity index (χ2n) is 13.0. The number of benzene rings is 1. The van der Waals surface area contributed by atoms with Crippen molar-refractivity contribution < 1.29 is 9.53 Å². The molecule has 0 amide bonds. The average Bonchev–Trinajstić information content (AvgIpc) is 2.99. The fraction of sp³-hybridized carbons (Fsp3) is 0.444. The zero-order valence-corrected chi connectivity index (χ0v) is 26.5. The summed E-state index contributed by atoms with van der Waals surface area (Å²) in [5.41, 5.74) is 2.56. The van der Waals surface area contributed by atoms with Gasteiger partial charge in [0.15, 0.2) is 0 Å². The number of rotatable bonds is 11. The minimum atomic E-state index is -0.588. The molecule has 2 aliphatic carbocycles. The molecule has 0 atom stereocenters. The Bertz CT molecular complexity index is 1610. The van der Waals surface area contributed by atoms with E-state index in [2.05, 4.69) is 30.6 Å². The number of unbranched alkanes of at least 4 members (excludes halogenated alkanes) is 3. The number of ether oxygens (including phenoxy) is 1. The standard InChI is InChI=1S/C36H39N7O2/c1-35(2)16-28(25(20-37)21-38)30(24-41)31(18-35)42-14-10-5-6-11-15-43-32-19-36(3,4)17-29(26(22-39)23-40)33(32)34(44)45-27-12-8-7-9-13-27/h7-9,12-13,42-43H,5-6,10-11,14-19H2,1-4H3. The van der Waals surface area contributed by atoms with E-state index in [0.29, 0.717) is 66.9 Å². The largest absolute Gasteiger partial charge is 0.423 e. The van der Waals surface area contributed by atoms with Crippen molar-refractivity contribution in [1.29, 1.82) is 26.3 Å². The summed E-state index contributed by atoms with van der Waals surface area (Å²) in [6.45, 7) is 9.51. The van der Waals surface area contributed by atoms with Gasteiger partial charge in [-0.05, 0) is 67.1 Å². The number of nitrogens with zero attached hydrogens (tertiary/aromatic N) is 5. The van der Waals surface area contributed by atoms with Crippen LogP contribution in [0.5, 0.6) is 5.75 Å². The third-order valence-corrected chi connectivity index (χ3v) is 7.93. The number of esters is 1. The van der Waals surface area contributed by atoms with Crippen LogP contribution in [0.3, 0.4) is 0 Å². The predicted molar refractivity (Wildman–Crippen MR) is 169 cm³/mol. The van der Waals surface area contributed by atoms with Crippen LogP contribution in [0.1, 0.15) is 79.1 Å². The third-order valence-electron chi connectivity index (χ3n) is 7.93. The first-order valence-corrected chi connectivity index (χ1v) is 15.2. The Kier molecular flexibility index (Phi) is 11.7. The first-order chi connectivity index (χ1) is 21.5. The van der Waals surface area contributed by atoms with Gasteiger partial charge in [0.2, 0.25) is 0 Å². The fourth-order valence-corrected chi connectivity index (χ4v) is 5.92. The second kappa shape index (κ2) is 15.4. The molecule has 0 bridgehead atoms. The molecule has 0 heterocycles. The number of para-hydroxylation sites is 1. The molecule has 3 rings (SSSR count). The van der Waals surface area contributed by atoms with Crippen LogP contribution in [0.2, 0.25) is 0 Å². The lowest BCUT2D eigenvalue weighted by Gasteiger charge is -2.34. The average molecular weight is 602 g/mol. The van der Waals surface area contributed by atoms with Gasteiger partial charge in [0.25, 0.3) is 0 Å². The molecule has 2 N–H and O–H groups in total. The summed E-state index contributed by atoms with van der Waals surface area (Å²) in [6.07, 6.45) is 5.73. The number of carbonyl (C=O) groups is 1. The van der Waals surface area contributed by atoms with Crippen molar-refractivity contribution in [3.63, 3.8) is 0 Å². The van der Waals surface area contributed by atoms with Gasteiger partial charge < -0.3 is 15.4 Å². The summed E-state index contributed by atoms with van der Waals surface area (Å²) in [4.78, 5) is 13.4. The summed E-state index contributed by atoms with van der Waals surface area (Å²) in [7, 11) is 0. The van der Waals surface area contributed by atoms with Crippen LogP contribution in [-0.4, -0.2) is 19.1 Å². The van der Waals surface area contributed by atoms with Gasteiger partial charge in [0.1, 0.15) is 47.2 Å². The van der Waals surface area contributed by atoms with Crippen LogP contribution in [-0.2, 0) is 4.79 Å². The molecule has 0 unspecified atom stereocenters. The molecule has 0 radical (unpaired) electrons. The highest BCUT2D eigenvalue weighted by atomic mass is 16.5. The molecule has 0 aromatic heterocycles. The van der Waals surface area contributed by atoms with E-state index >= 15 is 0 Å². The number of nitrogens with one attached hydrogen (secondary N) is 2. The molecule has 230 valence electrons. The molecule has 1 aromatic carbocycles. The highest BCUT2D eigenvalue weighted by molar-refractivity contribution is 5.97. The molecule has 0 saturated carbocycles. The Labute approximate surface area is 266 Å². The number of allylic oxidation sites excluding steroid dienone is 6. The molecule has 0 aliphatic heterocycles. The smallest absolute Gasteiger partial charge is 0.345 e. The van der Waals surface area contributed by atoms with Crippen molar-refractivity contribution in [2.24, 2.45) is 10.8 Å². The van der Waals surface area contributed by atoms with Gasteiger partial charge in [0, 0.05) is 30.1 Å². The number of nitriles is 5. The topological polar surface area (TPSA) is 169 Å². The summed E-state index contributed by atoms with van der Waals surface area (Å²) in [5, 5.41) is 54.7. The van der Waals surface area contributed by atoms with Crippen molar-refractivity contribution in [1.82, 2.24) is 10.6 Å². The van der Waals surface area contributed by atoms with Gasteiger partial charge in [-0.25, -0.2) is 4.79 Å². The van der Waals surface area contributed by atoms with E-state index in [1.807, 2.05) is 44.2 Å². The lowest BCUT2D eigenvalue weighted by molar-refractivity contribution is -0.130. The maximum absolute atomic E-state index is 13.4. The van der Waals surface area contributed by atoms with Crippen molar-refractivity contribution in [3.05, 3.63) is 75.2 Å². The maximum Gasteiger partial charge on any atom is 0.345 e. The summed E-state index contributed by atoms with van der Waals surface area (Å²) < 4.78 is 5.65. The van der Waals surface area contributed by atoms with Gasteiger partial charge in [-0.15, -0.1) is 0 Å². The minimum Gasteiger partial charge on any atom is -0.423 e. The van der Waals surface area contributed by atoms with Crippen LogP contribution in [0, 0.1) is 67.5 Å². The van der Waals surface area contributed by atoms with Gasteiger partial charge in [-0.1, -0.05) is 58.7 Å². The fourth-order valence-electron chi connectivity index (χ4n) is 5.92. The van der Waals surface area contributed by atoms with Gasteiger partial charge in [0.05, 0.1) is 11.1 Å². The number of hydrogen-bond donors (Lipinski definition) is 2. The van der Waals surface area contributed by atoms with E-state index in [1.54, 1.807) is 24.3 Å². The number of hydrogen-bond acceptors (Lipinski definition) is 9. The molecule has 45 heavy (non-hydrogen) atoms. The van der Waals surface area contributed by atoms with E-state index in [1.165, 1.54) is 0 Å². The molecule has 0 spiro atoms. The Morgan fingerprint density at radius 3 is 1.73 bits per heavy atom. The molecular formula is C36H39N7O2.